The number of H-pyrrole nitrogens is 1. The molecule has 3 rings (SSSR count). The van der Waals surface area contributed by atoms with Gasteiger partial charge in [0.2, 0.25) is 0 Å². The highest BCUT2D eigenvalue weighted by Crippen LogP contribution is 2.48. The topological polar surface area (TPSA) is 67.6 Å². The number of pyridine rings is 1. The summed E-state index contributed by atoms with van der Waals surface area (Å²) in [6, 6.07) is 3.76. The van der Waals surface area contributed by atoms with Crippen LogP contribution in [-0.2, 0) is 0 Å². The average molecular weight is 230 g/mol. The largest absolute Gasteiger partial charge is 0.384 e. The molecule has 1 aliphatic rings. The lowest BCUT2D eigenvalue weighted by molar-refractivity contribution is 0.323. The lowest BCUT2D eigenvalue weighted by Crippen LogP contribution is -2.16. The molecule has 17 heavy (non-hydrogen) atoms. The van der Waals surface area contributed by atoms with Crippen molar-refractivity contribution in [1.29, 1.82) is 0 Å². The monoisotopic (exact) mass is 230 g/mol. The Bertz CT molecular complexity index is 556. The van der Waals surface area contributed by atoms with E-state index < -0.39 is 0 Å². The molecule has 0 aliphatic heterocycles. The first-order valence-electron chi connectivity index (χ1n) is 6.18. The number of aromatic amines is 1. The van der Waals surface area contributed by atoms with E-state index in [1.807, 2.05) is 12.1 Å². The molecule has 0 aromatic carbocycles. The van der Waals surface area contributed by atoms with E-state index in [2.05, 4.69) is 28.8 Å². The summed E-state index contributed by atoms with van der Waals surface area (Å²) in [5, 5.41) is 0. The fourth-order valence-electron chi connectivity index (χ4n) is 2.92. The van der Waals surface area contributed by atoms with E-state index in [4.69, 9.17) is 5.73 Å². The SMILES string of the molecule is CC1(C)CCCC1c1nc2nc(N)ccc2[nH]1. The van der Waals surface area contributed by atoms with Gasteiger partial charge in [-0.25, -0.2) is 9.97 Å². The van der Waals surface area contributed by atoms with Crippen LogP contribution in [0.5, 0.6) is 0 Å². The summed E-state index contributed by atoms with van der Waals surface area (Å²) in [4.78, 5) is 12.2. The highest BCUT2D eigenvalue weighted by atomic mass is 15.0. The Labute approximate surface area is 101 Å². The second kappa shape index (κ2) is 3.45. The molecule has 4 nitrogen and oxygen atoms in total. The Kier molecular flexibility index (Phi) is 2.15. The number of aromatic nitrogens is 3. The molecule has 0 bridgehead atoms. The standard InChI is InChI=1S/C13H18N4/c1-13(2)7-3-4-8(13)11-15-9-5-6-10(14)16-12(9)17-11/h5-6,8H,3-4,7H2,1-2H3,(H3,14,15,16,17). The predicted molar refractivity (Wildman–Crippen MR) is 68.7 cm³/mol. The van der Waals surface area contributed by atoms with Crippen molar-refractivity contribution in [3.05, 3.63) is 18.0 Å². The summed E-state index contributed by atoms with van der Waals surface area (Å²) in [5.74, 6) is 2.11. The van der Waals surface area contributed by atoms with Crippen molar-refractivity contribution in [2.24, 2.45) is 5.41 Å². The number of rotatable bonds is 1. The maximum Gasteiger partial charge on any atom is 0.179 e. The van der Waals surface area contributed by atoms with Gasteiger partial charge in [0.1, 0.15) is 11.6 Å². The van der Waals surface area contributed by atoms with Crippen LogP contribution < -0.4 is 5.73 Å². The first-order chi connectivity index (χ1) is 8.06. The summed E-state index contributed by atoms with van der Waals surface area (Å²) in [6.07, 6.45) is 3.76. The summed E-state index contributed by atoms with van der Waals surface area (Å²) in [7, 11) is 0. The van der Waals surface area contributed by atoms with Crippen molar-refractivity contribution >= 4 is 17.0 Å². The number of nitrogens with two attached hydrogens (primary N) is 1. The number of hydrogen-bond donors (Lipinski definition) is 2. The molecule has 1 atom stereocenters. The van der Waals surface area contributed by atoms with Crippen LogP contribution in [-0.4, -0.2) is 15.0 Å². The van der Waals surface area contributed by atoms with Crippen LogP contribution in [0.1, 0.15) is 44.9 Å². The van der Waals surface area contributed by atoms with Crippen LogP contribution in [0.25, 0.3) is 11.2 Å². The van der Waals surface area contributed by atoms with Gasteiger partial charge < -0.3 is 10.7 Å². The van der Waals surface area contributed by atoms with Crippen molar-refractivity contribution in [3.63, 3.8) is 0 Å². The van der Waals surface area contributed by atoms with E-state index in [1.54, 1.807) is 0 Å². The Balaban J connectivity index is 2.06. The third kappa shape index (κ3) is 1.68. The maximum atomic E-state index is 5.67. The fourth-order valence-corrected chi connectivity index (χ4v) is 2.92. The molecule has 2 aromatic heterocycles. The lowest BCUT2D eigenvalue weighted by Gasteiger charge is -2.24. The number of fused-ring (bicyclic) bond motifs is 1. The fraction of sp³-hybridized carbons (Fsp3) is 0.538. The average Bonchev–Trinajstić information content (AvgIpc) is 2.79. The molecular formula is C13H18N4. The lowest BCUT2D eigenvalue weighted by atomic mass is 9.81. The van der Waals surface area contributed by atoms with Crippen molar-refractivity contribution in [2.45, 2.75) is 39.0 Å². The van der Waals surface area contributed by atoms with Gasteiger partial charge in [-0.1, -0.05) is 20.3 Å². The van der Waals surface area contributed by atoms with E-state index in [9.17, 15) is 0 Å². The molecule has 1 saturated carbocycles. The smallest absolute Gasteiger partial charge is 0.179 e. The van der Waals surface area contributed by atoms with E-state index in [0.29, 0.717) is 17.2 Å². The van der Waals surface area contributed by atoms with E-state index in [0.717, 1.165) is 17.0 Å². The molecule has 90 valence electrons. The summed E-state index contributed by atoms with van der Waals surface area (Å²) >= 11 is 0. The first kappa shape index (κ1) is 10.6. The maximum absolute atomic E-state index is 5.67. The van der Waals surface area contributed by atoms with Gasteiger partial charge in [0, 0.05) is 5.92 Å². The van der Waals surface area contributed by atoms with Crippen LogP contribution in [0.4, 0.5) is 5.82 Å². The Morgan fingerprint density at radius 2 is 2.18 bits per heavy atom. The number of nitrogen functional groups attached to an aromatic ring is 1. The molecule has 0 amide bonds. The van der Waals surface area contributed by atoms with Crippen molar-refractivity contribution in [2.75, 3.05) is 5.73 Å². The highest BCUT2D eigenvalue weighted by Gasteiger charge is 2.37. The molecule has 3 N–H and O–H groups in total. The quantitative estimate of drug-likeness (QED) is 0.791. The molecular weight excluding hydrogens is 212 g/mol. The molecule has 0 saturated heterocycles. The zero-order valence-electron chi connectivity index (χ0n) is 10.3. The minimum absolute atomic E-state index is 0.333. The van der Waals surface area contributed by atoms with Crippen LogP contribution in [0.15, 0.2) is 12.1 Å². The van der Waals surface area contributed by atoms with Gasteiger partial charge in [0.25, 0.3) is 0 Å². The van der Waals surface area contributed by atoms with Crippen LogP contribution in [0.2, 0.25) is 0 Å². The predicted octanol–water partition coefficient (Wildman–Crippen LogP) is 2.83. The normalized spacial score (nSPS) is 23.3. The van der Waals surface area contributed by atoms with E-state index in [1.165, 1.54) is 19.3 Å². The van der Waals surface area contributed by atoms with Gasteiger partial charge in [-0.15, -0.1) is 0 Å². The summed E-state index contributed by atoms with van der Waals surface area (Å²) < 4.78 is 0. The zero-order chi connectivity index (χ0) is 12.0. The van der Waals surface area contributed by atoms with Crippen molar-refractivity contribution in [1.82, 2.24) is 15.0 Å². The summed E-state index contributed by atoms with van der Waals surface area (Å²) in [5.41, 5.74) is 7.73. The number of nitrogens with one attached hydrogen (secondary N) is 1. The van der Waals surface area contributed by atoms with Gasteiger partial charge in [0.05, 0.1) is 5.52 Å². The van der Waals surface area contributed by atoms with E-state index in [-0.39, 0.29) is 0 Å². The minimum Gasteiger partial charge on any atom is -0.384 e. The molecule has 2 heterocycles. The Hall–Kier alpha value is -1.58. The van der Waals surface area contributed by atoms with Gasteiger partial charge in [-0.05, 0) is 30.4 Å². The Morgan fingerprint density at radius 1 is 1.35 bits per heavy atom. The minimum atomic E-state index is 0.333. The number of imidazole rings is 1. The molecule has 1 aliphatic carbocycles. The molecule has 0 radical (unpaired) electrons. The van der Waals surface area contributed by atoms with Crippen LogP contribution in [0, 0.1) is 5.41 Å². The molecule has 0 spiro atoms. The van der Waals surface area contributed by atoms with Crippen molar-refractivity contribution < 1.29 is 0 Å². The zero-order valence-corrected chi connectivity index (χ0v) is 10.3. The van der Waals surface area contributed by atoms with Gasteiger partial charge in [0.15, 0.2) is 5.65 Å². The van der Waals surface area contributed by atoms with Gasteiger partial charge in [-0.2, -0.15) is 0 Å². The van der Waals surface area contributed by atoms with E-state index >= 15 is 0 Å². The molecule has 1 fully saturated rings. The number of hydrogen-bond acceptors (Lipinski definition) is 3. The summed E-state index contributed by atoms with van der Waals surface area (Å²) in [6.45, 7) is 4.64. The number of anilines is 1. The second-order valence-corrected chi connectivity index (χ2v) is 5.66. The van der Waals surface area contributed by atoms with Crippen LogP contribution >= 0.6 is 0 Å². The van der Waals surface area contributed by atoms with Crippen molar-refractivity contribution in [3.8, 4) is 0 Å². The third-order valence-corrected chi connectivity index (χ3v) is 3.97. The molecule has 1 unspecified atom stereocenters. The first-order valence-corrected chi connectivity index (χ1v) is 6.18. The van der Waals surface area contributed by atoms with Gasteiger partial charge >= 0.3 is 0 Å². The number of nitrogens with zero attached hydrogens (tertiary/aromatic N) is 2. The molecule has 4 heteroatoms. The third-order valence-electron chi connectivity index (χ3n) is 3.97. The Morgan fingerprint density at radius 3 is 2.88 bits per heavy atom. The molecule has 2 aromatic rings. The highest BCUT2D eigenvalue weighted by molar-refractivity contribution is 5.72. The van der Waals surface area contributed by atoms with Crippen LogP contribution in [0.3, 0.4) is 0 Å². The van der Waals surface area contributed by atoms with Gasteiger partial charge in [-0.3, -0.25) is 0 Å². The second-order valence-electron chi connectivity index (χ2n) is 5.66.